The van der Waals surface area contributed by atoms with Gasteiger partial charge in [-0.05, 0) is 25.1 Å². The van der Waals surface area contributed by atoms with Gasteiger partial charge in [-0.3, -0.25) is 9.59 Å². The monoisotopic (exact) mass is 422 g/mol. The van der Waals surface area contributed by atoms with Gasteiger partial charge in [-0.2, -0.15) is 0 Å². The normalized spacial score (nSPS) is 10.7. The van der Waals surface area contributed by atoms with Crippen molar-refractivity contribution in [1.82, 2.24) is 20.2 Å². The van der Waals surface area contributed by atoms with Crippen LogP contribution in [0.3, 0.4) is 0 Å². The van der Waals surface area contributed by atoms with Gasteiger partial charge in [0.25, 0.3) is 0 Å². The Morgan fingerprint density at radius 2 is 2.00 bits per heavy atom. The van der Waals surface area contributed by atoms with Crippen molar-refractivity contribution < 1.29 is 22.8 Å². The molecule has 0 saturated heterocycles. The van der Waals surface area contributed by atoms with Crippen molar-refractivity contribution in [3.05, 3.63) is 47.9 Å². The number of rotatable bonds is 7. The third-order valence-corrected chi connectivity index (χ3v) is 4.69. The summed E-state index contributed by atoms with van der Waals surface area (Å²) < 4.78 is 32.4. The van der Waals surface area contributed by atoms with Gasteiger partial charge in [-0.15, -0.1) is 10.2 Å². The molecule has 0 fully saturated rings. The van der Waals surface area contributed by atoms with E-state index in [1.165, 1.54) is 17.0 Å². The Labute approximate surface area is 167 Å². The van der Waals surface area contributed by atoms with E-state index in [1.54, 1.807) is 13.0 Å². The van der Waals surface area contributed by atoms with Gasteiger partial charge < -0.3 is 20.9 Å². The number of carbonyl (C=O) groups is 2. The second-order valence-corrected chi connectivity index (χ2v) is 6.75. The Bertz CT molecular complexity index is 1050. The molecule has 0 saturated carbocycles. The van der Waals surface area contributed by atoms with Gasteiger partial charge in [0.05, 0.1) is 24.1 Å². The number of hydrogen-bond donors (Lipinski definition) is 3. The number of benzene rings is 1. The molecule has 4 N–H and O–H groups in total. The first kappa shape index (κ1) is 20.3. The molecule has 0 aliphatic rings. The highest BCUT2D eigenvalue weighted by Crippen LogP contribution is 2.24. The predicted molar refractivity (Wildman–Crippen MR) is 101 cm³/mol. The molecule has 12 heteroatoms. The number of nitrogens with two attached hydrogens (primary N) is 1. The van der Waals surface area contributed by atoms with Crippen molar-refractivity contribution in [2.24, 2.45) is 0 Å². The summed E-state index contributed by atoms with van der Waals surface area (Å²) in [5.74, 6) is 3.78. The summed E-state index contributed by atoms with van der Waals surface area (Å²) in [7, 11) is 0. The smallest absolute Gasteiger partial charge is 0.243 e. The molecular weight excluding hydrogens is 406 g/mol. The maximum absolute atomic E-state index is 13.1. The average molecular weight is 422 g/mol. The van der Waals surface area contributed by atoms with E-state index in [4.69, 9.17) is 10.3 Å². The minimum absolute atomic E-state index is 0.0574. The van der Waals surface area contributed by atoms with Crippen LogP contribution in [0.2, 0.25) is 0 Å². The number of hydrogen-bond acceptors (Lipinski definition) is 7. The van der Waals surface area contributed by atoms with Gasteiger partial charge in [0.15, 0.2) is 17.5 Å². The van der Waals surface area contributed by atoms with Gasteiger partial charge in [-0.25, -0.2) is 13.5 Å². The molecule has 0 aliphatic heterocycles. The number of aromatic nitrogens is 3. The fraction of sp³-hybridized carbons (Fsp3) is 0.176. The second kappa shape index (κ2) is 8.73. The first-order valence-corrected chi connectivity index (χ1v) is 9.23. The lowest BCUT2D eigenvalue weighted by molar-refractivity contribution is -0.122. The van der Waals surface area contributed by atoms with Gasteiger partial charge in [0.1, 0.15) is 5.76 Å². The number of carbonyl (C=O) groups excluding carboxylic acids is 2. The first-order valence-electron chi connectivity index (χ1n) is 8.24. The molecule has 0 aliphatic carbocycles. The van der Waals surface area contributed by atoms with Crippen LogP contribution < -0.4 is 16.5 Å². The summed E-state index contributed by atoms with van der Waals surface area (Å²) in [5.41, 5.74) is 0.765. The number of aryl methyl sites for hydroxylation is 1. The summed E-state index contributed by atoms with van der Waals surface area (Å²) in [6.45, 7) is 1.42. The van der Waals surface area contributed by atoms with Crippen LogP contribution in [0.1, 0.15) is 5.76 Å². The van der Waals surface area contributed by atoms with Crippen molar-refractivity contribution in [1.29, 1.82) is 0 Å². The SMILES string of the molecule is Cc1occc1-c1nnc(SCC(=O)NCC(=O)Nc2ccc(F)c(F)c2)n1N. The number of nitrogens with zero attached hydrogens (tertiary/aromatic N) is 3. The fourth-order valence-corrected chi connectivity index (χ4v) is 3.00. The molecule has 0 unspecified atom stereocenters. The maximum atomic E-state index is 13.1. The maximum Gasteiger partial charge on any atom is 0.243 e. The van der Waals surface area contributed by atoms with Gasteiger partial charge in [-0.1, -0.05) is 11.8 Å². The van der Waals surface area contributed by atoms with Crippen molar-refractivity contribution in [2.45, 2.75) is 12.1 Å². The Hall–Kier alpha value is -3.41. The summed E-state index contributed by atoms with van der Waals surface area (Å²) in [6, 6.07) is 4.65. The zero-order chi connectivity index (χ0) is 21.0. The molecule has 2 amide bonds. The summed E-state index contributed by atoms with van der Waals surface area (Å²) >= 11 is 1.04. The molecule has 29 heavy (non-hydrogen) atoms. The summed E-state index contributed by atoms with van der Waals surface area (Å²) in [6.07, 6.45) is 1.50. The minimum Gasteiger partial charge on any atom is -0.469 e. The highest BCUT2D eigenvalue weighted by Gasteiger charge is 2.17. The van der Waals surface area contributed by atoms with Crippen molar-refractivity contribution >= 4 is 29.3 Å². The van der Waals surface area contributed by atoms with E-state index >= 15 is 0 Å². The molecule has 3 rings (SSSR count). The Balaban J connectivity index is 1.48. The molecule has 2 aromatic heterocycles. The van der Waals surface area contributed by atoms with Gasteiger partial charge in [0.2, 0.25) is 17.0 Å². The third kappa shape index (κ3) is 4.90. The number of halogens is 2. The van der Waals surface area contributed by atoms with Gasteiger partial charge in [0, 0.05) is 11.8 Å². The third-order valence-electron chi connectivity index (χ3n) is 3.75. The highest BCUT2D eigenvalue weighted by molar-refractivity contribution is 7.99. The van der Waals surface area contributed by atoms with E-state index < -0.39 is 23.4 Å². The molecule has 9 nitrogen and oxygen atoms in total. The van der Waals surface area contributed by atoms with Crippen LogP contribution in [0.25, 0.3) is 11.4 Å². The molecule has 0 radical (unpaired) electrons. The molecule has 0 spiro atoms. The standard InChI is InChI=1S/C17H16F2N6O3S/c1-9-11(4-5-28-9)16-23-24-17(25(16)20)29-8-15(27)21-7-14(26)22-10-2-3-12(18)13(19)6-10/h2-6H,7-8,20H2,1H3,(H,21,27)(H,22,26). The van der Waals surface area contributed by atoms with E-state index in [1.807, 2.05) is 0 Å². The van der Waals surface area contributed by atoms with Crippen molar-refractivity contribution in [3.8, 4) is 11.4 Å². The molecule has 3 aromatic rings. The fourth-order valence-electron chi connectivity index (χ4n) is 2.32. The summed E-state index contributed by atoms with van der Waals surface area (Å²) in [4.78, 5) is 23.7. The average Bonchev–Trinajstić information content (AvgIpc) is 3.26. The second-order valence-electron chi connectivity index (χ2n) is 5.81. The van der Waals surface area contributed by atoms with Crippen LogP contribution in [0.4, 0.5) is 14.5 Å². The Morgan fingerprint density at radius 3 is 2.69 bits per heavy atom. The van der Waals surface area contributed by atoms with Crippen molar-refractivity contribution in [2.75, 3.05) is 23.5 Å². The predicted octanol–water partition coefficient (Wildman–Crippen LogP) is 1.69. The van der Waals surface area contributed by atoms with E-state index in [2.05, 4.69) is 20.8 Å². The number of nitrogens with one attached hydrogen (secondary N) is 2. The van der Waals surface area contributed by atoms with Crippen LogP contribution in [-0.4, -0.2) is 39.0 Å². The zero-order valence-corrected chi connectivity index (χ0v) is 15.9. The quantitative estimate of drug-likeness (QED) is 0.390. The molecular formula is C17H16F2N6O3S. The number of thioether (sulfide) groups is 1. The number of amides is 2. The summed E-state index contributed by atoms with van der Waals surface area (Å²) in [5, 5.41) is 13.0. The lowest BCUT2D eigenvalue weighted by atomic mass is 10.2. The molecule has 0 atom stereocenters. The van der Waals surface area contributed by atoms with E-state index in [-0.39, 0.29) is 18.0 Å². The Morgan fingerprint density at radius 1 is 1.21 bits per heavy atom. The van der Waals surface area contributed by atoms with Gasteiger partial charge >= 0.3 is 0 Å². The van der Waals surface area contributed by atoms with E-state index in [0.29, 0.717) is 22.3 Å². The first-order chi connectivity index (χ1) is 13.8. The highest BCUT2D eigenvalue weighted by atomic mass is 32.2. The minimum atomic E-state index is -1.08. The molecule has 0 bridgehead atoms. The lowest BCUT2D eigenvalue weighted by Crippen LogP contribution is -2.34. The number of furan rings is 1. The van der Waals surface area contributed by atoms with E-state index in [9.17, 15) is 18.4 Å². The number of anilines is 1. The van der Waals surface area contributed by atoms with Crippen LogP contribution in [-0.2, 0) is 9.59 Å². The molecule has 152 valence electrons. The Kier molecular flexibility index (Phi) is 6.12. The van der Waals surface area contributed by atoms with Crippen molar-refractivity contribution in [3.63, 3.8) is 0 Å². The van der Waals surface area contributed by atoms with E-state index in [0.717, 1.165) is 23.9 Å². The largest absolute Gasteiger partial charge is 0.469 e. The van der Waals surface area contributed by atoms with Crippen LogP contribution in [0.15, 0.2) is 40.1 Å². The van der Waals surface area contributed by atoms with Crippen LogP contribution in [0.5, 0.6) is 0 Å². The zero-order valence-electron chi connectivity index (χ0n) is 15.1. The molecule has 2 heterocycles. The molecule has 1 aromatic carbocycles. The number of nitrogen functional groups attached to an aromatic ring is 1. The van der Waals surface area contributed by atoms with Crippen LogP contribution >= 0.6 is 11.8 Å². The topological polar surface area (TPSA) is 128 Å². The van der Waals surface area contributed by atoms with Crippen LogP contribution in [0, 0.1) is 18.6 Å². The lowest BCUT2D eigenvalue weighted by Gasteiger charge is -2.07.